The highest BCUT2D eigenvalue weighted by Gasteiger charge is 2.21. The van der Waals surface area contributed by atoms with E-state index in [4.69, 9.17) is 14.3 Å². The summed E-state index contributed by atoms with van der Waals surface area (Å²) in [5.74, 6) is 0.481. The molecule has 8 heteroatoms. The van der Waals surface area contributed by atoms with Crippen molar-refractivity contribution in [2.45, 2.75) is 17.7 Å². The fraction of sp³-hybridized carbons (Fsp3) is 0.636. The summed E-state index contributed by atoms with van der Waals surface area (Å²) in [6.07, 6.45) is 0. The van der Waals surface area contributed by atoms with Gasteiger partial charge in [0.2, 0.25) is 5.09 Å². The van der Waals surface area contributed by atoms with Crippen molar-refractivity contribution < 1.29 is 22.7 Å². The van der Waals surface area contributed by atoms with Crippen LogP contribution in [0.25, 0.3) is 0 Å². The van der Waals surface area contributed by atoms with Gasteiger partial charge in [0.1, 0.15) is 5.76 Å². The molecule has 1 aromatic heterocycles. The van der Waals surface area contributed by atoms with Crippen molar-refractivity contribution in [2.24, 2.45) is 0 Å². The van der Waals surface area contributed by atoms with E-state index in [-0.39, 0.29) is 17.7 Å². The van der Waals surface area contributed by atoms with E-state index in [1.807, 2.05) is 0 Å². The van der Waals surface area contributed by atoms with E-state index < -0.39 is 10.0 Å². The van der Waals surface area contributed by atoms with Crippen LogP contribution < -0.4 is 5.32 Å². The van der Waals surface area contributed by atoms with E-state index >= 15 is 0 Å². The standard InChI is InChI=1S/C11H20N2O5S/c1-13(2)19(15,16)11-5-4-10(18-11)6-12-9(7-14)8-17-3/h4-5,9,12,14H,6-8H2,1-3H3. The normalized spacial score (nSPS) is 13.9. The quantitative estimate of drug-likeness (QED) is 0.679. The van der Waals surface area contributed by atoms with Gasteiger partial charge in [-0.05, 0) is 12.1 Å². The summed E-state index contributed by atoms with van der Waals surface area (Å²) in [6, 6.07) is 2.78. The molecule has 2 N–H and O–H groups in total. The third-order valence-corrected chi connectivity index (χ3v) is 4.21. The van der Waals surface area contributed by atoms with Gasteiger partial charge in [-0.3, -0.25) is 0 Å². The number of furan rings is 1. The molecule has 0 aliphatic heterocycles. The lowest BCUT2D eigenvalue weighted by Crippen LogP contribution is -2.35. The average Bonchev–Trinajstić information content (AvgIpc) is 2.83. The molecule has 19 heavy (non-hydrogen) atoms. The van der Waals surface area contributed by atoms with Crippen LogP contribution in [0.5, 0.6) is 0 Å². The van der Waals surface area contributed by atoms with E-state index in [1.54, 1.807) is 13.2 Å². The molecule has 110 valence electrons. The molecule has 0 saturated carbocycles. The van der Waals surface area contributed by atoms with Crippen LogP contribution in [0.3, 0.4) is 0 Å². The summed E-state index contributed by atoms with van der Waals surface area (Å²) in [5, 5.41) is 12.0. The van der Waals surface area contributed by atoms with E-state index in [1.165, 1.54) is 20.2 Å². The number of rotatable bonds is 8. The molecule has 1 rings (SSSR count). The van der Waals surface area contributed by atoms with Crippen molar-refractivity contribution in [2.75, 3.05) is 34.4 Å². The van der Waals surface area contributed by atoms with Crippen molar-refractivity contribution in [1.29, 1.82) is 0 Å². The minimum atomic E-state index is -3.55. The van der Waals surface area contributed by atoms with Crippen molar-refractivity contribution >= 4 is 10.0 Å². The Hall–Kier alpha value is -0.930. The molecule has 0 saturated heterocycles. The molecule has 0 radical (unpaired) electrons. The second kappa shape index (κ2) is 7.01. The Morgan fingerprint density at radius 1 is 1.47 bits per heavy atom. The Morgan fingerprint density at radius 3 is 2.68 bits per heavy atom. The maximum atomic E-state index is 11.8. The first kappa shape index (κ1) is 16.1. The molecule has 0 aliphatic rings. The Morgan fingerprint density at radius 2 is 2.16 bits per heavy atom. The third kappa shape index (κ3) is 4.29. The fourth-order valence-electron chi connectivity index (χ4n) is 1.39. The zero-order chi connectivity index (χ0) is 14.5. The fourth-order valence-corrected chi connectivity index (χ4v) is 2.21. The van der Waals surface area contributed by atoms with Crippen LogP contribution in [-0.2, 0) is 21.3 Å². The molecule has 0 fully saturated rings. The molecule has 0 bridgehead atoms. The number of hydrogen-bond acceptors (Lipinski definition) is 6. The molecule has 1 aromatic rings. The predicted octanol–water partition coefficient (Wildman–Crippen LogP) is -0.373. The minimum absolute atomic E-state index is 0.0720. The predicted molar refractivity (Wildman–Crippen MR) is 69.2 cm³/mol. The molecule has 7 nitrogen and oxygen atoms in total. The lowest BCUT2D eigenvalue weighted by atomic mass is 10.3. The van der Waals surface area contributed by atoms with Gasteiger partial charge in [-0.2, -0.15) is 0 Å². The molecule has 0 amide bonds. The monoisotopic (exact) mass is 292 g/mol. The van der Waals surface area contributed by atoms with Crippen molar-refractivity contribution in [3.05, 3.63) is 17.9 Å². The molecule has 1 atom stereocenters. The van der Waals surface area contributed by atoms with E-state index in [0.29, 0.717) is 18.9 Å². The Bertz CT molecular complexity index is 483. The number of hydrogen-bond donors (Lipinski definition) is 2. The molecule has 0 spiro atoms. The van der Waals surface area contributed by atoms with E-state index in [2.05, 4.69) is 5.32 Å². The second-order valence-corrected chi connectivity index (χ2v) is 6.31. The van der Waals surface area contributed by atoms with Crippen LogP contribution in [0, 0.1) is 0 Å². The Balaban J connectivity index is 2.66. The van der Waals surface area contributed by atoms with Gasteiger partial charge in [0.05, 0.1) is 25.8 Å². The summed E-state index contributed by atoms with van der Waals surface area (Å²) >= 11 is 0. The zero-order valence-electron chi connectivity index (χ0n) is 11.3. The first-order chi connectivity index (χ1) is 8.91. The molecule has 1 heterocycles. The topological polar surface area (TPSA) is 92.0 Å². The zero-order valence-corrected chi connectivity index (χ0v) is 12.1. The summed E-state index contributed by atoms with van der Waals surface area (Å²) in [4.78, 5) is 0. The van der Waals surface area contributed by atoms with Crippen LogP contribution in [0.4, 0.5) is 0 Å². The maximum absolute atomic E-state index is 11.8. The van der Waals surface area contributed by atoms with Crippen LogP contribution in [0.1, 0.15) is 5.76 Å². The highest BCUT2D eigenvalue weighted by molar-refractivity contribution is 7.88. The number of nitrogens with zero attached hydrogens (tertiary/aromatic N) is 1. The third-order valence-electron chi connectivity index (χ3n) is 2.53. The van der Waals surface area contributed by atoms with Gasteiger partial charge >= 0.3 is 0 Å². The lowest BCUT2D eigenvalue weighted by Gasteiger charge is -2.13. The number of aliphatic hydroxyl groups excluding tert-OH is 1. The lowest BCUT2D eigenvalue weighted by molar-refractivity contribution is 0.126. The van der Waals surface area contributed by atoms with Gasteiger partial charge in [0, 0.05) is 21.2 Å². The molecular formula is C11H20N2O5S. The van der Waals surface area contributed by atoms with Gasteiger partial charge < -0.3 is 19.6 Å². The van der Waals surface area contributed by atoms with E-state index in [9.17, 15) is 8.42 Å². The summed E-state index contributed by atoms with van der Waals surface area (Å²) in [6.45, 7) is 0.606. The van der Waals surface area contributed by atoms with Crippen LogP contribution in [0.2, 0.25) is 0 Å². The summed E-state index contributed by atoms with van der Waals surface area (Å²) in [7, 11) is 0.876. The summed E-state index contributed by atoms with van der Waals surface area (Å²) in [5.41, 5.74) is 0. The van der Waals surface area contributed by atoms with Crippen molar-refractivity contribution in [3.63, 3.8) is 0 Å². The second-order valence-electron chi connectivity index (χ2n) is 4.22. The van der Waals surface area contributed by atoms with E-state index in [0.717, 1.165) is 4.31 Å². The van der Waals surface area contributed by atoms with Crippen LogP contribution in [-0.4, -0.2) is 58.3 Å². The van der Waals surface area contributed by atoms with Gasteiger partial charge in [0.15, 0.2) is 0 Å². The van der Waals surface area contributed by atoms with Gasteiger partial charge in [0.25, 0.3) is 10.0 Å². The van der Waals surface area contributed by atoms with Gasteiger partial charge in [-0.1, -0.05) is 0 Å². The molecular weight excluding hydrogens is 272 g/mol. The Labute approximate surface area is 113 Å². The Kier molecular flexibility index (Phi) is 5.95. The minimum Gasteiger partial charge on any atom is -0.447 e. The van der Waals surface area contributed by atoms with Crippen LogP contribution >= 0.6 is 0 Å². The van der Waals surface area contributed by atoms with Crippen LogP contribution in [0.15, 0.2) is 21.6 Å². The molecule has 1 unspecified atom stereocenters. The number of nitrogens with one attached hydrogen (secondary N) is 1. The number of ether oxygens (including phenoxy) is 1. The SMILES string of the molecule is COCC(CO)NCc1ccc(S(=O)(=O)N(C)C)o1. The average molecular weight is 292 g/mol. The number of aliphatic hydroxyl groups is 1. The molecule has 0 aromatic carbocycles. The first-order valence-electron chi connectivity index (χ1n) is 5.76. The van der Waals surface area contributed by atoms with Crippen molar-refractivity contribution in [1.82, 2.24) is 9.62 Å². The number of sulfonamides is 1. The van der Waals surface area contributed by atoms with Crippen molar-refractivity contribution in [3.8, 4) is 0 Å². The number of methoxy groups -OCH3 is 1. The van der Waals surface area contributed by atoms with Gasteiger partial charge in [-0.25, -0.2) is 12.7 Å². The summed E-state index contributed by atoms with van der Waals surface area (Å²) < 4.78 is 34.9. The first-order valence-corrected chi connectivity index (χ1v) is 7.20. The highest BCUT2D eigenvalue weighted by Crippen LogP contribution is 2.16. The highest BCUT2D eigenvalue weighted by atomic mass is 32.2. The largest absolute Gasteiger partial charge is 0.447 e. The smallest absolute Gasteiger partial charge is 0.275 e. The van der Waals surface area contributed by atoms with Gasteiger partial charge in [-0.15, -0.1) is 0 Å². The molecule has 0 aliphatic carbocycles. The maximum Gasteiger partial charge on any atom is 0.275 e.